The number of hydrogen-bond acceptors (Lipinski definition) is 2. The number of benzene rings is 3. The molecule has 3 aromatic rings. The summed E-state index contributed by atoms with van der Waals surface area (Å²) in [5.74, 6) is 0.859. The lowest BCUT2D eigenvalue weighted by atomic mass is 10.0. The fourth-order valence-corrected chi connectivity index (χ4v) is 6.54. The smallest absolute Gasteiger partial charge is 0.205 e. The zero-order chi connectivity index (χ0) is 19.4. The number of aliphatic hydroxyl groups excluding tert-OH is 1. The van der Waals surface area contributed by atoms with Gasteiger partial charge in [-0.3, -0.25) is 9.65 Å². The van der Waals surface area contributed by atoms with Crippen LogP contribution in [0.15, 0.2) is 91.0 Å². The number of rotatable bonds is 8. The molecule has 1 aliphatic carbocycles. The molecule has 0 heterocycles. The summed E-state index contributed by atoms with van der Waals surface area (Å²) in [5.41, 5.74) is 1.15. The van der Waals surface area contributed by atoms with E-state index in [9.17, 15) is 9.67 Å². The second kappa shape index (κ2) is 8.45. The van der Waals surface area contributed by atoms with Gasteiger partial charge in [-0.15, -0.1) is 0 Å². The van der Waals surface area contributed by atoms with Crippen molar-refractivity contribution < 1.29 is 9.67 Å². The first-order valence-corrected chi connectivity index (χ1v) is 11.6. The summed E-state index contributed by atoms with van der Waals surface area (Å²) < 4.78 is 14.4. The molecule has 0 bridgehead atoms. The minimum Gasteiger partial charge on any atom is -0.396 e. The van der Waals surface area contributed by atoms with Gasteiger partial charge in [-0.25, -0.2) is 0 Å². The fourth-order valence-electron chi connectivity index (χ4n) is 4.02. The molecule has 144 valence electrons. The second-order valence-electron chi connectivity index (χ2n) is 7.47. The summed E-state index contributed by atoms with van der Waals surface area (Å²) in [6.07, 6.45) is 1.85. The van der Waals surface area contributed by atoms with Gasteiger partial charge in [0.25, 0.3) is 0 Å². The van der Waals surface area contributed by atoms with Gasteiger partial charge in [0, 0.05) is 23.3 Å². The monoisotopic (exact) mass is 391 g/mol. The van der Waals surface area contributed by atoms with E-state index in [2.05, 4.69) is 17.2 Å². The van der Waals surface area contributed by atoms with Gasteiger partial charge >= 0.3 is 0 Å². The van der Waals surface area contributed by atoms with Gasteiger partial charge < -0.3 is 5.11 Å². The SMILES string of the molecule is O=P(N[C@@H](c1ccccc1)[C@@H]1C[C@H]1CCO)(c1ccccc1)c1ccccc1. The minimum atomic E-state index is -3.02. The zero-order valence-corrected chi connectivity index (χ0v) is 16.7. The standard InChI is InChI=1S/C24H26NO2P/c26-17-16-20-18-23(20)24(19-10-4-1-5-11-19)25-28(27,21-12-6-2-7-13-21)22-14-8-3-9-15-22/h1-15,20,23-24,26H,16-18H2,(H,25,27)/t20-,23-,24+/m1/s1. The van der Waals surface area contributed by atoms with Gasteiger partial charge in [-0.2, -0.15) is 0 Å². The molecule has 1 aliphatic rings. The van der Waals surface area contributed by atoms with Crippen LogP contribution in [0, 0.1) is 11.8 Å². The van der Waals surface area contributed by atoms with E-state index in [-0.39, 0.29) is 12.6 Å². The van der Waals surface area contributed by atoms with Gasteiger partial charge in [0.05, 0.1) is 0 Å². The summed E-state index contributed by atoms with van der Waals surface area (Å²) >= 11 is 0. The Balaban J connectivity index is 1.74. The average Bonchev–Trinajstić information content (AvgIpc) is 3.53. The van der Waals surface area contributed by atoms with Crippen molar-refractivity contribution in [3.05, 3.63) is 96.6 Å². The van der Waals surface area contributed by atoms with E-state index in [1.807, 2.05) is 78.9 Å². The van der Waals surface area contributed by atoms with Gasteiger partial charge in [0.15, 0.2) is 0 Å². The third kappa shape index (κ3) is 3.98. The predicted molar refractivity (Wildman–Crippen MR) is 115 cm³/mol. The molecule has 28 heavy (non-hydrogen) atoms. The Labute approximate surface area is 166 Å². The minimum absolute atomic E-state index is 0.0102. The molecule has 0 radical (unpaired) electrons. The molecule has 0 spiro atoms. The van der Waals surface area contributed by atoms with Crippen molar-refractivity contribution in [3.63, 3.8) is 0 Å². The maximum Gasteiger partial charge on any atom is 0.205 e. The van der Waals surface area contributed by atoms with E-state index in [0.29, 0.717) is 11.8 Å². The molecule has 4 rings (SSSR count). The average molecular weight is 391 g/mol. The van der Waals surface area contributed by atoms with Crippen LogP contribution in [0.4, 0.5) is 0 Å². The zero-order valence-electron chi connectivity index (χ0n) is 15.8. The van der Waals surface area contributed by atoms with Gasteiger partial charge in [-0.1, -0.05) is 66.7 Å². The number of hydrogen-bond donors (Lipinski definition) is 2. The van der Waals surface area contributed by atoms with Crippen LogP contribution >= 0.6 is 7.29 Å². The molecule has 0 aliphatic heterocycles. The molecule has 1 saturated carbocycles. The molecule has 2 N–H and O–H groups in total. The van der Waals surface area contributed by atoms with Gasteiger partial charge in [-0.05, 0) is 54.5 Å². The molecule has 3 nitrogen and oxygen atoms in total. The van der Waals surface area contributed by atoms with Gasteiger partial charge in [0.1, 0.15) is 0 Å². The molecule has 3 atom stereocenters. The maximum absolute atomic E-state index is 14.4. The highest BCUT2D eigenvalue weighted by atomic mass is 31.2. The van der Waals surface area contributed by atoms with E-state index in [1.165, 1.54) is 0 Å². The maximum atomic E-state index is 14.4. The molecule has 4 heteroatoms. The van der Waals surface area contributed by atoms with E-state index in [1.54, 1.807) is 0 Å². The van der Waals surface area contributed by atoms with Crippen molar-refractivity contribution >= 4 is 17.9 Å². The quantitative estimate of drug-likeness (QED) is 0.564. The Morgan fingerprint density at radius 1 is 0.857 bits per heavy atom. The van der Waals surface area contributed by atoms with Crippen LogP contribution in [0.2, 0.25) is 0 Å². The Kier molecular flexibility index (Phi) is 5.77. The van der Waals surface area contributed by atoms with E-state index >= 15 is 0 Å². The summed E-state index contributed by atoms with van der Waals surface area (Å²) in [5, 5.41) is 14.6. The molecule has 3 aromatic carbocycles. The highest BCUT2D eigenvalue weighted by molar-refractivity contribution is 7.76. The van der Waals surface area contributed by atoms with Crippen LogP contribution in [-0.4, -0.2) is 11.7 Å². The lowest BCUT2D eigenvalue weighted by molar-refractivity contribution is 0.274. The molecule has 0 aromatic heterocycles. The summed E-state index contributed by atoms with van der Waals surface area (Å²) in [6, 6.07) is 29.7. The predicted octanol–water partition coefficient (Wildman–Crippen LogP) is 4.26. The van der Waals surface area contributed by atoms with Crippen molar-refractivity contribution in [2.24, 2.45) is 11.8 Å². The van der Waals surface area contributed by atoms with Crippen LogP contribution in [0.3, 0.4) is 0 Å². The van der Waals surface area contributed by atoms with Crippen LogP contribution in [-0.2, 0) is 4.57 Å². The lowest BCUT2D eigenvalue weighted by Crippen LogP contribution is -2.32. The van der Waals surface area contributed by atoms with E-state index in [4.69, 9.17) is 0 Å². The molecule has 0 amide bonds. The first-order valence-electron chi connectivity index (χ1n) is 9.87. The van der Waals surface area contributed by atoms with Crippen molar-refractivity contribution in [2.45, 2.75) is 18.9 Å². The second-order valence-corrected chi connectivity index (χ2v) is 9.98. The highest BCUT2D eigenvalue weighted by Crippen LogP contribution is 2.53. The largest absolute Gasteiger partial charge is 0.396 e. The highest BCUT2D eigenvalue weighted by Gasteiger charge is 2.45. The number of nitrogens with one attached hydrogen (secondary N) is 1. The Morgan fingerprint density at radius 2 is 1.36 bits per heavy atom. The Hall–Kier alpha value is -2.19. The third-order valence-electron chi connectivity index (χ3n) is 5.62. The molecule has 0 saturated heterocycles. The van der Waals surface area contributed by atoms with Crippen LogP contribution in [0.25, 0.3) is 0 Å². The normalized spacial score (nSPS) is 19.9. The van der Waals surface area contributed by atoms with Crippen molar-refractivity contribution in [1.82, 2.24) is 5.09 Å². The van der Waals surface area contributed by atoms with Crippen LogP contribution < -0.4 is 15.7 Å². The summed E-state index contributed by atoms with van der Waals surface area (Å²) in [4.78, 5) is 0. The first-order chi connectivity index (χ1) is 13.7. The molecule has 0 unspecified atom stereocenters. The van der Waals surface area contributed by atoms with Crippen molar-refractivity contribution in [3.8, 4) is 0 Å². The van der Waals surface area contributed by atoms with Crippen molar-refractivity contribution in [1.29, 1.82) is 0 Å². The Bertz CT molecular complexity index is 887. The van der Waals surface area contributed by atoms with E-state index < -0.39 is 7.29 Å². The molecule has 1 fully saturated rings. The molecular weight excluding hydrogens is 365 g/mol. The first kappa shape index (κ1) is 19.1. The van der Waals surface area contributed by atoms with Crippen LogP contribution in [0.5, 0.6) is 0 Å². The Morgan fingerprint density at radius 3 is 1.86 bits per heavy atom. The number of aliphatic hydroxyl groups is 1. The summed E-state index contributed by atoms with van der Waals surface area (Å²) in [7, 11) is -3.02. The van der Waals surface area contributed by atoms with Gasteiger partial charge in [0.2, 0.25) is 7.29 Å². The third-order valence-corrected chi connectivity index (χ3v) is 8.32. The van der Waals surface area contributed by atoms with Crippen LogP contribution in [0.1, 0.15) is 24.4 Å². The summed E-state index contributed by atoms with van der Waals surface area (Å²) in [6.45, 7) is 0.206. The lowest BCUT2D eigenvalue weighted by Gasteiger charge is -2.28. The van der Waals surface area contributed by atoms with E-state index in [0.717, 1.165) is 29.0 Å². The van der Waals surface area contributed by atoms with Crippen molar-refractivity contribution in [2.75, 3.05) is 6.61 Å². The topological polar surface area (TPSA) is 49.3 Å². The molecular formula is C24H26NO2P. The fraction of sp³-hybridized carbons (Fsp3) is 0.250.